The van der Waals surface area contributed by atoms with E-state index < -0.39 is 0 Å². The maximum Gasteiger partial charge on any atom is 0.298 e. The molecule has 0 bridgehead atoms. The van der Waals surface area contributed by atoms with E-state index >= 15 is 0 Å². The van der Waals surface area contributed by atoms with Crippen LogP contribution in [0.3, 0.4) is 0 Å². The van der Waals surface area contributed by atoms with Crippen LogP contribution in [0.25, 0.3) is 11.1 Å². The van der Waals surface area contributed by atoms with Crippen LogP contribution < -0.4 is 10.2 Å². The highest BCUT2D eigenvalue weighted by atomic mass is 16.4. The first-order chi connectivity index (χ1) is 12.6. The zero-order chi connectivity index (χ0) is 17.7. The molecular formula is C20H26N4O2. The quantitative estimate of drug-likeness (QED) is 0.896. The molecule has 2 aliphatic heterocycles. The molecule has 6 heteroatoms. The molecule has 1 spiro atoms. The lowest BCUT2D eigenvalue weighted by molar-refractivity contribution is -0.134. The van der Waals surface area contributed by atoms with Gasteiger partial charge in [-0.25, -0.2) is 0 Å². The first kappa shape index (κ1) is 16.1. The molecule has 1 aromatic carbocycles. The van der Waals surface area contributed by atoms with Gasteiger partial charge in [0.2, 0.25) is 5.91 Å². The molecule has 5 rings (SSSR count). The molecule has 138 valence electrons. The number of piperazine rings is 1. The molecule has 1 aliphatic carbocycles. The average Bonchev–Trinajstić information content (AvgIpc) is 3.18. The summed E-state index contributed by atoms with van der Waals surface area (Å²) in [5, 5.41) is 3.41. The third kappa shape index (κ3) is 2.67. The number of aromatic nitrogens is 1. The number of piperidine rings is 1. The molecule has 6 nitrogen and oxygen atoms in total. The number of benzene rings is 1. The van der Waals surface area contributed by atoms with Crippen LogP contribution in [0.15, 0.2) is 22.6 Å². The summed E-state index contributed by atoms with van der Waals surface area (Å²) in [4.78, 5) is 21.8. The van der Waals surface area contributed by atoms with E-state index in [4.69, 9.17) is 4.42 Å². The number of hydrogen-bond donors (Lipinski definition) is 1. The van der Waals surface area contributed by atoms with Gasteiger partial charge in [0.1, 0.15) is 5.52 Å². The van der Waals surface area contributed by atoms with Crippen molar-refractivity contribution in [3.63, 3.8) is 0 Å². The minimum atomic E-state index is 0.267. The fourth-order valence-electron chi connectivity index (χ4n) is 4.67. The van der Waals surface area contributed by atoms with Gasteiger partial charge in [0, 0.05) is 32.1 Å². The molecular weight excluding hydrogens is 328 g/mol. The topological polar surface area (TPSA) is 61.6 Å². The van der Waals surface area contributed by atoms with E-state index in [0.717, 1.165) is 69.6 Å². The highest BCUT2D eigenvalue weighted by molar-refractivity contribution is 5.83. The van der Waals surface area contributed by atoms with Crippen molar-refractivity contribution in [1.82, 2.24) is 15.2 Å². The van der Waals surface area contributed by atoms with Crippen molar-refractivity contribution in [3.8, 4) is 0 Å². The molecule has 26 heavy (non-hydrogen) atoms. The van der Waals surface area contributed by atoms with Gasteiger partial charge in [-0.1, -0.05) is 6.07 Å². The molecule has 1 amide bonds. The van der Waals surface area contributed by atoms with Gasteiger partial charge in [-0.2, -0.15) is 4.98 Å². The number of nitrogens with one attached hydrogen (secondary N) is 1. The Balaban J connectivity index is 1.22. The summed E-state index contributed by atoms with van der Waals surface area (Å²) in [6.07, 6.45) is 3.41. The summed E-state index contributed by atoms with van der Waals surface area (Å²) < 4.78 is 5.91. The SMILES string of the molecule is Cc1ccc2oc(N3CCN(C(=O)C4CC45CCNCC5)CC3)nc2c1. The normalized spacial score (nSPS) is 25.0. The zero-order valence-corrected chi connectivity index (χ0v) is 15.3. The molecule has 1 atom stereocenters. The van der Waals surface area contributed by atoms with Gasteiger partial charge < -0.3 is 19.5 Å². The minimum absolute atomic E-state index is 0.267. The number of aryl methyl sites for hydroxylation is 1. The van der Waals surface area contributed by atoms with Crippen molar-refractivity contribution in [2.45, 2.75) is 26.2 Å². The van der Waals surface area contributed by atoms with E-state index in [1.807, 2.05) is 18.2 Å². The maximum absolute atomic E-state index is 12.9. The number of carbonyl (C=O) groups is 1. The smallest absolute Gasteiger partial charge is 0.298 e. The van der Waals surface area contributed by atoms with Crippen LogP contribution >= 0.6 is 0 Å². The predicted molar refractivity (Wildman–Crippen MR) is 100 cm³/mol. The first-order valence-corrected chi connectivity index (χ1v) is 9.76. The first-order valence-electron chi connectivity index (χ1n) is 9.76. The van der Waals surface area contributed by atoms with E-state index in [1.54, 1.807) is 0 Å². The summed E-state index contributed by atoms with van der Waals surface area (Å²) in [6, 6.07) is 6.75. The summed E-state index contributed by atoms with van der Waals surface area (Å²) in [5.41, 5.74) is 3.24. The molecule has 3 fully saturated rings. The maximum atomic E-state index is 12.9. The Morgan fingerprint density at radius 1 is 1.23 bits per heavy atom. The number of oxazole rings is 1. The predicted octanol–water partition coefficient (Wildman–Crippen LogP) is 2.17. The monoisotopic (exact) mass is 354 g/mol. The van der Waals surface area contributed by atoms with E-state index in [-0.39, 0.29) is 5.92 Å². The lowest BCUT2D eigenvalue weighted by Gasteiger charge is -2.34. The van der Waals surface area contributed by atoms with Crippen LogP contribution in [-0.2, 0) is 4.79 Å². The highest BCUT2D eigenvalue weighted by Gasteiger charge is 2.58. The average molecular weight is 354 g/mol. The standard InChI is InChI=1S/C20H26N4O2/c1-14-2-3-17-16(12-14)22-19(26-17)24-10-8-23(9-11-24)18(25)15-13-20(15)4-6-21-7-5-20/h2-3,12,15,21H,4-11,13H2,1H3. The second-order valence-corrected chi connectivity index (χ2v) is 8.15. The lowest BCUT2D eigenvalue weighted by Crippen LogP contribution is -2.50. The Labute approximate surface area is 153 Å². The van der Waals surface area contributed by atoms with E-state index in [9.17, 15) is 4.79 Å². The number of hydrogen-bond acceptors (Lipinski definition) is 5. The Kier molecular flexibility index (Phi) is 3.71. The molecule has 0 radical (unpaired) electrons. The summed E-state index contributed by atoms with van der Waals surface area (Å²) in [5.74, 6) is 0.642. The summed E-state index contributed by atoms with van der Waals surface area (Å²) >= 11 is 0. The number of nitrogens with zero attached hydrogens (tertiary/aromatic N) is 3. The highest BCUT2D eigenvalue weighted by Crippen LogP contribution is 2.59. The number of fused-ring (bicyclic) bond motifs is 1. The molecule has 1 N–H and O–H groups in total. The van der Waals surface area contributed by atoms with Gasteiger partial charge in [0.15, 0.2) is 5.58 Å². The zero-order valence-electron chi connectivity index (χ0n) is 15.3. The van der Waals surface area contributed by atoms with Crippen LogP contribution in [0, 0.1) is 18.3 Å². The molecule has 2 aromatic rings. The van der Waals surface area contributed by atoms with Gasteiger partial charge in [-0.3, -0.25) is 4.79 Å². The van der Waals surface area contributed by atoms with Crippen molar-refractivity contribution >= 4 is 23.0 Å². The van der Waals surface area contributed by atoms with Crippen molar-refractivity contribution < 1.29 is 9.21 Å². The molecule has 1 saturated carbocycles. The van der Waals surface area contributed by atoms with Crippen molar-refractivity contribution in [2.24, 2.45) is 11.3 Å². The minimum Gasteiger partial charge on any atom is -0.423 e. The van der Waals surface area contributed by atoms with Crippen LogP contribution in [-0.4, -0.2) is 55.1 Å². The summed E-state index contributed by atoms with van der Waals surface area (Å²) in [6.45, 7) is 7.30. The number of carbonyl (C=O) groups excluding carboxylic acids is 1. The van der Waals surface area contributed by atoms with Gasteiger partial charge in [0.25, 0.3) is 6.01 Å². The summed E-state index contributed by atoms with van der Waals surface area (Å²) in [7, 11) is 0. The third-order valence-corrected chi connectivity index (χ3v) is 6.48. The Morgan fingerprint density at radius 3 is 2.77 bits per heavy atom. The van der Waals surface area contributed by atoms with Gasteiger partial charge in [-0.15, -0.1) is 0 Å². The molecule has 3 aliphatic rings. The third-order valence-electron chi connectivity index (χ3n) is 6.48. The van der Waals surface area contributed by atoms with E-state index in [0.29, 0.717) is 17.3 Å². The molecule has 1 unspecified atom stereocenters. The van der Waals surface area contributed by atoms with Crippen LogP contribution in [0.5, 0.6) is 0 Å². The second kappa shape index (κ2) is 5.98. The fraction of sp³-hybridized carbons (Fsp3) is 0.600. The Bertz CT molecular complexity index is 831. The number of rotatable bonds is 2. The van der Waals surface area contributed by atoms with Crippen molar-refractivity contribution in [1.29, 1.82) is 0 Å². The fourth-order valence-corrected chi connectivity index (χ4v) is 4.67. The van der Waals surface area contributed by atoms with Crippen LogP contribution in [0.1, 0.15) is 24.8 Å². The van der Waals surface area contributed by atoms with Crippen LogP contribution in [0.2, 0.25) is 0 Å². The largest absolute Gasteiger partial charge is 0.423 e. The van der Waals surface area contributed by atoms with E-state index in [2.05, 4.69) is 27.0 Å². The van der Waals surface area contributed by atoms with Gasteiger partial charge >= 0.3 is 0 Å². The lowest BCUT2D eigenvalue weighted by atomic mass is 9.91. The van der Waals surface area contributed by atoms with Gasteiger partial charge in [-0.05, 0) is 62.4 Å². The molecule has 2 saturated heterocycles. The number of anilines is 1. The van der Waals surface area contributed by atoms with Crippen molar-refractivity contribution in [3.05, 3.63) is 23.8 Å². The Hall–Kier alpha value is -2.08. The molecule has 3 heterocycles. The Morgan fingerprint density at radius 2 is 2.00 bits per heavy atom. The second-order valence-electron chi connectivity index (χ2n) is 8.15. The molecule has 1 aromatic heterocycles. The van der Waals surface area contributed by atoms with E-state index in [1.165, 1.54) is 5.56 Å². The number of amides is 1. The van der Waals surface area contributed by atoms with Crippen LogP contribution in [0.4, 0.5) is 6.01 Å². The van der Waals surface area contributed by atoms with Crippen molar-refractivity contribution in [2.75, 3.05) is 44.2 Å². The van der Waals surface area contributed by atoms with Gasteiger partial charge in [0.05, 0.1) is 0 Å².